The van der Waals surface area contributed by atoms with Crippen LogP contribution < -0.4 is 5.32 Å². The standard InChI is InChI=1S/C21H20F6N8O/c1-11-3-20(23,24)10-35(15(11)8-32-19-30-4-12(5-31-19)21(25,26)27)18(36)16-14(9-34(2)33-16)17-28-6-13(22)7-29-17/h4-7,9,11,15H,3,8,10H2,1-2H3,(H,30,31,32)/t11-,15-/m1/s1. The Morgan fingerprint density at radius 3 is 2.39 bits per heavy atom. The molecule has 2 atom stereocenters. The van der Waals surface area contributed by atoms with E-state index in [1.54, 1.807) is 0 Å². The second kappa shape index (κ2) is 9.35. The van der Waals surface area contributed by atoms with Crippen LogP contribution in [0.2, 0.25) is 0 Å². The zero-order valence-electron chi connectivity index (χ0n) is 19.0. The van der Waals surface area contributed by atoms with Gasteiger partial charge in [-0.1, -0.05) is 6.92 Å². The van der Waals surface area contributed by atoms with Gasteiger partial charge in [-0.25, -0.2) is 33.1 Å². The average Bonchev–Trinajstić information content (AvgIpc) is 3.19. The minimum atomic E-state index is -4.61. The third-order valence-corrected chi connectivity index (χ3v) is 5.68. The van der Waals surface area contributed by atoms with Crippen LogP contribution in [0.5, 0.6) is 0 Å². The van der Waals surface area contributed by atoms with Gasteiger partial charge in [-0.3, -0.25) is 9.48 Å². The number of alkyl halides is 5. The van der Waals surface area contributed by atoms with E-state index in [4.69, 9.17) is 0 Å². The first-order valence-corrected chi connectivity index (χ1v) is 10.7. The lowest BCUT2D eigenvalue weighted by Crippen LogP contribution is -2.57. The van der Waals surface area contributed by atoms with Crippen molar-refractivity contribution < 1.29 is 31.1 Å². The molecule has 1 aliphatic rings. The third-order valence-electron chi connectivity index (χ3n) is 5.68. The second-order valence-corrected chi connectivity index (χ2v) is 8.50. The predicted molar refractivity (Wildman–Crippen MR) is 113 cm³/mol. The van der Waals surface area contributed by atoms with Crippen molar-refractivity contribution >= 4 is 11.9 Å². The van der Waals surface area contributed by atoms with Gasteiger partial charge in [-0.05, 0) is 5.92 Å². The van der Waals surface area contributed by atoms with Crippen molar-refractivity contribution in [2.24, 2.45) is 13.0 Å². The van der Waals surface area contributed by atoms with E-state index in [1.807, 2.05) is 0 Å². The molecule has 1 N–H and O–H groups in total. The van der Waals surface area contributed by atoms with E-state index in [2.05, 4.69) is 30.4 Å². The molecule has 4 rings (SSSR count). The number of amides is 1. The largest absolute Gasteiger partial charge is 0.419 e. The molecule has 1 amide bonds. The SMILES string of the molecule is C[C@@H]1CC(F)(F)CN(C(=O)c2nn(C)cc2-c2ncc(F)cn2)[C@@H]1CNc1ncc(C(F)(F)F)cn1. The Labute approximate surface area is 200 Å². The number of likely N-dealkylation sites (tertiary alicyclic amines) is 1. The highest BCUT2D eigenvalue weighted by Gasteiger charge is 2.47. The molecular weight excluding hydrogens is 494 g/mol. The van der Waals surface area contributed by atoms with Crippen LogP contribution in [0.4, 0.5) is 32.3 Å². The number of nitrogens with zero attached hydrogens (tertiary/aromatic N) is 7. The van der Waals surface area contributed by atoms with Crippen LogP contribution in [0.15, 0.2) is 31.0 Å². The van der Waals surface area contributed by atoms with Gasteiger partial charge < -0.3 is 10.2 Å². The van der Waals surface area contributed by atoms with Crippen molar-refractivity contribution in [2.75, 3.05) is 18.4 Å². The first-order valence-electron chi connectivity index (χ1n) is 10.7. The number of rotatable bonds is 5. The zero-order chi connectivity index (χ0) is 26.3. The number of nitrogens with one attached hydrogen (secondary N) is 1. The van der Waals surface area contributed by atoms with Crippen LogP contribution in [-0.2, 0) is 13.2 Å². The summed E-state index contributed by atoms with van der Waals surface area (Å²) in [4.78, 5) is 29.4. The number of hydrogen-bond acceptors (Lipinski definition) is 7. The van der Waals surface area contributed by atoms with Gasteiger partial charge in [-0.2, -0.15) is 18.3 Å². The van der Waals surface area contributed by atoms with Gasteiger partial charge in [0.1, 0.15) is 0 Å². The molecule has 3 aromatic rings. The van der Waals surface area contributed by atoms with Crippen LogP contribution in [0, 0.1) is 11.7 Å². The van der Waals surface area contributed by atoms with Crippen molar-refractivity contribution in [2.45, 2.75) is 31.5 Å². The van der Waals surface area contributed by atoms with Gasteiger partial charge in [-0.15, -0.1) is 0 Å². The number of aromatic nitrogens is 6. The van der Waals surface area contributed by atoms with Crippen molar-refractivity contribution in [3.05, 3.63) is 48.1 Å². The molecule has 36 heavy (non-hydrogen) atoms. The van der Waals surface area contributed by atoms with Crippen LogP contribution >= 0.6 is 0 Å². The molecule has 0 radical (unpaired) electrons. The minimum absolute atomic E-state index is 0.0162. The van der Waals surface area contributed by atoms with Crippen molar-refractivity contribution in [3.63, 3.8) is 0 Å². The molecule has 4 heterocycles. The summed E-state index contributed by atoms with van der Waals surface area (Å²) in [6.45, 7) is 0.524. The van der Waals surface area contributed by atoms with E-state index < -0.39 is 54.3 Å². The number of anilines is 1. The average molecular weight is 514 g/mol. The normalized spacial score (nSPS) is 19.8. The lowest BCUT2D eigenvalue weighted by molar-refractivity contribution is -0.138. The van der Waals surface area contributed by atoms with E-state index in [1.165, 1.54) is 24.9 Å². The Bertz CT molecular complexity index is 1230. The van der Waals surface area contributed by atoms with E-state index >= 15 is 0 Å². The van der Waals surface area contributed by atoms with Gasteiger partial charge >= 0.3 is 6.18 Å². The summed E-state index contributed by atoms with van der Waals surface area (Å²) in [6, 6.07) is -0.799. The van der Waals surface area contributed by atoms with Crippen LogP contribution in [0.25, 0.3) is 11.4 Å². The van der Waals surface area contributed by atoms with Gasteiger partial charge in [0.2, 0.25) is 5.95 Å². The third kappa shape index (κ3) is 5.39. The fraction of sp³-hybridized carbons (Fsp3) is 0.429. The van der Waals surface area contributed by atoms with Gasteiger partial charge in [0, 0.05) is 38.6 Å². The van der Waals surface area contributed by atoms with Crippen LogP contribution in [0.3, 0.4) is 0 Å². The molecule has 1 aliphatic heterocycles. The fourth-order valence-corrected chi connectivity index (χ4v) is 4.04. The predicted octanol–water partition coefficient (Wildman–Crippen LogP) is 3.42. The molecule has 3 aromatic heterocycles. The number of carbonyl (C=O) groups is 1. The summed E-state index contributed by atoms with van der Waals surface area (Å²) in [5, 5.41) is 6.82. The van der Waals surface area contributed by atoms with Crippen LogP contribution in [0.1, 0.15) is 29.4 Å². The molecule has 15 heteroatoms. The molecule has 9 nitrogen and oxygen atoms in total. The number of piperidine rings is 1. The van der Waals surface area contributed by atoms with Gasteiger partial charge in [0.15, 0.2) is 17.3 Å². The monoisotopic (exact) mass is 514 g/mol. The van der Waals surface area contributed by atoms with Gasteiger partial charge in [0.05, 0.1) is 36.1 Å². The first kappa shape index (κ1) is 25.3. The molecule has 1 saturated heterocycles. The summed E-state index contributed by atoms with van der Waals surface area (Å²) in [5.74, 6) is -5.58. The summed E-state index contributed by atoms with van der Waals surface area (Å²) in [7, 11) is 1.51. The van der Waals surface area contributed by atoms with Crippen molar-refractivity contribution in [1.82, 2.24) is 34.6 Å². The number of aryl methyl sites for hydroxylation is 1. The van der Waals surface area contributed by atoms with E-state index in [-0.39, 0.29) is 29.6 Å². The maximum Gasteiger partial charge on any atom is 0.419 e. The Kier molecular flexibility index (Phi) is 6.58. The van der Waals surface area contributed by atoms with E-state index in [0.29, 0.717) is 12.4 Å². The maximum atomic E-state index is 14.5. The molecular formula is C21H20F6N8O. The molecule has 0 spiro atoms. The molecule has 0 aliphatic carbocycles. The quantitative estimate of drug-likeness (QED) is 0.521. The highest BCUT2D eigenvalue weighted by atomic mass is 19.4. The number of hydrogen-bond donors (Lipinski definition) is 1. The lowest BCUT2D eigenvalue weighted by Gasteiger charge is -2.43. The summed E-state index contributed by atoms with van der Waals surface area (Å²) < 4.78 is 81.8. The minimum Gasteiger partial charge on any atom is -0.352 e. The lowest BCUT2D eigenvalue weighted by atomic mass is 9.88. The highest BCUT2D eigenvalue weighted by molar-refractivity contribution is 5.98. The number of carbonyl (C=O) groups excluding carboxylic acids is 1. The maximum absolute atomic E-state index is 14.5. The summed E-state index contributed by atoms with van der Waals surface area (Å²) in [5.41, 5.74) is -1.12. The Balaban J connectivity index is 1.60. The van der Waals surface area contributed by atoms with Crippen molar-refractivity contribution in [3.8, 4) is 11.4 Å². The first-order chi connectivity index (χ1) is 16.8. The Morgan fingerprint density at radius 1 is 1.14 bits per heavy atom. The second-order valence-electron chi connectivity index (χ2n) is 8.50. The molecule has 0 aromatic carbocycles. The van der Waals surface area contributed by atoms with E-state index in [9.17, 15) is 31.1 Å². The van der Waals surface area contributed by atoms with Crippen LogP contribution in [-0.4, -0.2) is 65.6 Å². The molecule has 0 bridgehead atoms. The molecule has 192 valence electrons. The van der Waals surface area contributed by atoms with E-state index in [0.717, 1.165) is 17.3 Å². The molecule has 0 saturated carbocycles. The topological polar surface area (TPSA) is 102 Å². The highest BCUT2D eigenvalue weighted by Crippen LogP contribution is 2.36. The Morgan fingerprint density at radius 2 is 1.78 bits per heavy atom. The fourth-order valence-electron chi connectivity index (χ4n) is 4.04. The summed E-state index contributed by atoms with van der Waals surface area (Å²) >= 11 is 0. The molecule has 0 unspecified atom stereocenters. The Hall–Kier alpha value is -3.78. The summed E-state index contributed by atoms with van der Waals surface area (Å²) in [6.07, 6.45) is -0.712. The number of halogens is 6. The van der Waals surface area contributed by atoms with Gasteiger partial charge in [0.25, 0.3) is 11.8 Å². The smallest absolute Gasteiger partial charge is 0.352 e. The van der Waals surface area contributed by atoms with Crippen molar-refractivity contribution in [1.29, 1.82) is 0 Å². The molecule has 1 fully saturated rings. The zero-order valence-corrected chi connectivity index (χ0v) is 19.0.